The summed E-state index contributed by atoms with van der Waals surface area (Å²) >= 11 is 0. The van der Waals surface area contributed by atoms with Crippen molar-refractivity contribution >= 4 is 17.6 Å². The number of nitrogen functional groups attached to an aromatic ring is 1. The van der Waals surface area contributed by atoms with Gasteiger partial charge in [-0.25, -0.2) is 15.4 Å². The van der Waals surface area contributed by atoms with Gasteiger partial charge in [-0.05, 0) is 37.7 Å². The number of hydrazine groups is 1. The molecule has 10 nitrogen and oxygen atoms in total. The molecule has 0 spiro atoms. The summed E-state index contributed by atoms with van der Waals surface area (Å²) in [4.78, 5) is 32.0. The molecule has 3 fully saturated rings. The van der Waals surface area contributed by atoms with E-state index in [1.165, 1.54) is 5.01 Å². The first-order chi connectivity index (χ1) is 15.0. The Morgan fingerprint density at radius 3 is 2.81 bits per heavy atom. The summed E-state index contributed by atoms with van der Waals surface area (Å²) in [6, 6.07) is 3.51. The van der Waals surface area contributed by atoms with E-state index < -0.39 is 18.0 Å². The van der Waals surface area contributed by atoms with Crippen LogP contribution in [0.25, 0.3) is 0 Å². The summed E-state index contributed by atoms with van der Waals surface area (Å²) < 4.78 is 5.46. The van der Waals surface area contributed by atoms with Crippen molar-refractivity contribution in [3.05, 3.63) is 35.3 Å². The number of carbonyl (C=O) groups excluding carboxylic acids is 2. The molecule has 2 unspecified atom stereocenters. The number of hydrogen-bond donors (Lipinski definition) is 4. The summed E-state index contributed by atoms with van der Waals surface area (Å²) in [6.07, 6.45) is 5.27. The van der Waals surface area contributed by atoms with Gasteiger partial charge in [0.25, 0.3) is 11.8 Å². The molecule has 31 heavy (non-hydrogen) atoms. The standard InChI is InChI=1S/C21H28N6O4/c22-18-14(2-1-7-23-18)15-10-16-26(11-12-5-8-31-9-6-12)20(29)17(21(30)27(16)25-15)19(28)24-13-3-4-13/h1-2,7,12-13,15-16,25,29H,3-6,8-11H2,(H2,22,23)(H,24,28). The van der Waals surface area contributed by atoms with E-state index in [2.05, 4.69) is 15.7 Å². The lowest BCUT2D eigenvalue weighted by molar-refractivity contribution is -0.141. The molecule has 0 aromatic carbocycles. The van der Waals surface area contributed by atoms with Gasteiger partial charge in [0, 0.05) is 44.0 Å². The van der Waals surface area contributed by atoms with Gasteiger partial charge in [0.1, 0.15) is 12.0 Å². The molecule has 2 amide bonds. The fourth-order valence-electron chi connectivity index (χ4n) is 4.60. The van der Waals surface area contributed by atoms with Crippen LogP contribution >= 0.6 is 0 Å². The van der Waals surface area contributed by atoms with Crippen LogP contribution in [0.1, 0.15) is 43.7 Å². The molecule has 10 heteroatoms. The number of anilines is 1. The topological polar surface area (TPSA) is 133 Å². The van der Waals surface area contributed by atoms with Crippen molar-refractivity contribution in [2.45, 2.75) is 50.4 Å². The van der Waals surface area contributed by atoms with Crippen LogP contribution in [0, 0.1) is 5.92 Å². The van der Waals surface area contributed by atoms with Gasteiger partial charge in [-0.15, -0.1) is 0 Å². The average molecular weight is 428 g/mol. The zero-order valence-corrected chi connectivity index (χ0v) is 17.3. The second-order valence-electron chi connectivity index (χ2n) is 8.71. The first-order valence-corrected chi connectivity index (χ1v) is 10.9. The van der Waals surface area contributed by atoms with E-state index in [0.717, 1.165) is 31.2 Å². The maximum atomic E-state index is 13.3. The van der Waals surface area contributed by atoms with E-state index in [0.29, 0.717) is 37.9 Å². The molecule has 5 N–H and O–H groups in total. The molecule has 5 rings (SSSR count). The highest BCUT2D eigenvalue weighted by atomic mass is 16.5. The molecule has 1 aromatic rings. The fraction of sp³-hybridized carbons (Fsp3) is 0.571. The van der Waals surface area contributed by atoms with Gasteiger partial charge in [0.05, 0.1) is 6.04 Å². The molecule has 2 saturated heterocycles. The Kier molecular flexibility index (Phi) is 5.19. The number of amides is 2. The summed E-state index contributed by atoms with van der Waals surface area (Å²) in [7, 11) is 0. The van der Waals surface area contributed by atoms with Crippen molar-refractivity contribution in [3.8, 4) is 0 Å². The lowest BCUT2D eigenvalue weighted by atomic mass is 9.97. The number of ether oxygens (including phenoxy) is 1. The number of rotatable bonds is 5. The van der Waals surface area contributed by atoms with Crippen LogP contribution in [-0.2, 0) is 14.3 Å². The maximum Gasteiger partial charge on any atom is 0.280 e. The summed E-state index contributed by atoms with van der Waals surface area (Å²) in [5.41, 5.74) is 9.87. The maximum absolute atomic E-state index is 13.3. The predicted molar refractivity (Wildman–Crippen MR) is 111 cm³/mol. The van der Waals surface area contributed by atoms with E-state index in [1.54, 1.807) is 17.2 Å². The smallest absolute Gasteiger partial charge is 0.280 e. The third kappa shape index (κ3) is 3.81. The number of nitrogens with zero attached hydrogens (tertiary/aromatic N) is 3. The minimum atomic E-state index is -0.522. The molecular weight excluding hydrogens is 400 g/mol. The van der Waals surface area contributed by atoms with Crippen LogP contribution in [0.5, 0.6) is 0 Å². The third-order valence-corrected chi connectivity index (χ3v) is 6.51. The monoisotopic (exact) mass is 428 g/mol. The van der Waals surface area contributed by atoms with Gasteiger partial charge >= 0.3 is 0 Å². The minimum Gasteiger partial charge on any atom is -0.494 e. The highest BCUT2D eigenvalue weighted by molar-refractivity contribution is 6.19. The SMILES string of the molecule is Nc1ncccc1C1CC2N(CC3CCOCC3)C(O)=C(C(=O)NC3CC3)C(=O)N2N1. The Morgan fingerprint density at radius 1 is 1.32 bits per heavy atom. The third-order valence-electron chi connectivity index (χ3n) is 6.51. The fourth-order valence-corrected chi connectivity index (χ4v) is 4.60. The van der Waals surface area contributed by atoms with E-state index in [-0.39, 0.29) is 23.5 Å². The van der Waals surface area contributed by atoms with Crippen molar-refractivity contribution < 1.29 is 19.4 Å². The predicted octanol–water partition coefficient (Wildman–Crippen LogP) is 0.558. The quantitative estimate of drug-likeness (QED) is 0.500. The Hall–Kier alpha value is -2.85. The molecule has 1 aliphatic carbocycles. The number of carbonyl (C=O) groups is 2. The van der Waals surface area contributed by atoms with Gasteiger partial charge in [0.15, 0.2) is 5.57 Å². The van der Waals surface area contributed by atoms with Crippen molar-refractivity contribution in [2.75, 3.05) is 25.5 Å². The lowest BCUT2D eigenvalue weighted by Gasteiger charge is -2.41. The number of pyridine rings is 1. The molecule has 4 aliphatic rings. The summed E-state index contributed by atoms with van der Waals surface area (Å²) in [5.74, 6) is -0.578. The van der Waals surface area contributed by atoms with Crippen molar-refractivity contribution in [1.82, 2.24) is 25.6 Å². The Labute approximate surface area is 180 Å². The highest BCUT2D eigenvalue weighted by Gasteiger charge is 2.49. The van der Waals surface area contributed by atoms with Gasteiger partial charge in [-0.2, -0.15) is 0 Å². The van der Waals surface area contributed by atoms with Gasteiger partial charge < -0.3 is 25.8 Å². The highest BCUT2D eigenvalue weighted by Crippen LogP contribution is 2.37. The van der Waals surface area contributed by atoms with Crippen LogP contribution in [0.3, 0.4) is 0 Å². The Bertz CT molecular complexity index is 911. The normalized spacial score (nSPS) is 26.9. The van der Waals surface area contributed by atoms with Crippen LogP contribution < -0.4 is 16.5 Å². The molecule has 0 radical (unpaired) electrons. The molecule has 1 saturated carbocycles. The molecule has 0 bridgehead atoms. The van der Waals surface area contributed by atoms with Crippen molar-refractivity contribution in [3.63, 3.8) is 0 Å². The number of aliphatic hydroxyl groups excluding tert-OH is 1. The Balaban J connectivity index is 1.45. The number of aliphatic hydroxyl groups is 1. The van der Waals surface area contributed by atoms with E-state index in [1.807, 2.05) is 6.07 Å². The van der Waals surface area contributed by atoms with Gasteiger partial charge in [-0.3, -0.25) is 9.59 Å². The first kappa shape index (κ1) is 20.1. The Morgan fingerprint density at radius 2 is 2.10 bits per heavy atom. The second-order valence-corrected chi connectivity index (χ2v) is 8.71. The molecule has 2 atom stereocenters. The number of fused-ring (bicyclic) bond motifs is 1. The van der Waals surface area contributed by atoms with Crippen molar-refractivity contribution in [2.24, 2.45) is 5.92 Å². The molecule has 1 aromatic heterocycles. The van der Waals surface area contributed by atoms with E-state index in [9.17, 15) is 14.7 Å². The lowest BCUT2D eigenvalue weighted by Crippen LogP contribution is -2.58. The number of hydrogen-bond acceptors (Lipinski definition) is 8. The van der Waals surface area contributed by atoms with Gasteiger partial charge in [-0.1, -0.05) is 6.07 Å². The largest absolute Gasteiger partial charge is 0.494 e. The molecule has 4 heterocycles. The van der Waals surface area contributed by atoms with Gasteiger partial charge in [0.2, 0.25) is 5.88 Å². The summed E-state index contributed by atoms with van der Waals surface area (Å²) in [6.45, 7) is 1.90. The summed E-state index contributed by atoms with van der Waals surface area (Å²) in [5, 5.41) is 15.4. The first-order valence-electron chi connectivity index (χ1n) is 10.9. The van der Waals surface area contributed by atoms with E-state index >= 15 is 0 Å². The second kappa shape index (κ2) is 8.01. The zero-order chi connectivity index (χ0) is 21.5. The molecular formula is C21H28N6O4. The molecule has 166 valence electrons. The van der Waals surface area contributed by atoms with Crippen LogP contribution in [0.15, 0.2) is 29.8 Å². The minimum absolute atomic E-state index is 0.0803. The molecule has 3 aliphatic heterocycles. The zero-order valence-electron chi connectivity index (χ0n) is 17.3. The number of nitrogens with two attached hydrogens (primary N) is 1. The van der Waals surface area contributed by atoms with Crippen LogP contribution in [0.4, 0.5) is 5.82 Å². The number of nitrogens with one attached hydrogen (secondary N) is 2. The van der Waals surface area contributed by atoms with Crippen LogP contribution in [-0.4, -0.2) is 63.8 Å². The average Bonchev–Trinajstić information content (AvgIpc) is 3.46. The van der Waals surface area contributed by atoms with E-state index in [4.69, 9.17) is 10.5 Å². The van der Waals surface area contributed by atoms with Crippen LogP contribution in [0.2, 0.25) is 0 Å². The van der Waals surface area contributed by atoms with Crippen molar-refractivity contribution in [1.29, 1.82) is 0 Å². The number of aromatic nitrogens is 1.